The highest BCUT2D eigenvalue weighted by Gasteiger charge is 2.33. The van der Waals surface area contributed by atoms with Crippen molar-refractivity contribution >= 4 is 44.5 Å². The van der Waals surface area contributed by atoms with E-state index < -0.39 is 11.7 Å². The molecule has 2 nitrogen and oxygen atoms in total. The van der Waals surface area contributed by atoms with Crippen LogP contribution in [-0.2, 0) is 6.18 Å². The molecular weight excluding hydrogens is 365 g/mol. The Bertz CT molecular complexity index is 669. The molecule has 110 valence electrons. The van der Waals surface area contributed by atoms with E-state index in [1.807, 2.05) is 0 Å². The predicted molar refractivity (Wildman–Crippen MR) is 84.8 cm³/mol. The summed E-state index contributed by atoms with van der Waals surface area (Å²) in [5, 5.41) is 2.90. The molecule has 7 heteroatoms. The maximum absolute atomic E-state index is 12.8. The summed E-state index contributed by atoms with van der Waals surface area (Å²) >= 11 is 7.74. The standard InChI is InChI=1S/C14H10BrF3N2S/c15-12-6-5-10(7-11(12)14(16,17)18)20-9-3-1-8(2-4-9)13(19)21/h1-7,20H,(H2,19,21). The molecule has 0 heterocycles. The molecule has 0 saturated carbocycles. The minimum absolute atomic E-state index is 0.00405. The molecule has 0 bridgehead atoms. The monoisotopic (exact) mass is 374 g/mol. The zero-order chi connectivity index (χ0) is 15.6. The van der Waals surface area contributed by atoms with Gasteiger partial charge in [-0.3, -0.25) is 0 Å². The van der Waals surface area contributed by atoms with E-state index in [1.165, 1.54) is 6.07 Å². The smallest absolute Gasteiger partial charge is 0.389 e. The van der Waals surface area contributed by atoms with E-state index >= 15 is 0 Å². The Morgan fingerprint density at radius 3 is 2.14 bits per heavy atom. The molecule has 0 aliphatic rings. The van der Waals surface area contributed by atoms with Crippen LogP contribution in [0.15, 0.2) is 46.9 Å². The fourth-order valence-corrected chi connectivity index (χ4v) is 2.31. The van der Waals surface area contributed by atoms with Crippen LogP contribution in [0.3, 0.4) is 0 Å². The van der Waals surface area contributed by atoms with Crippen molar-refractivity contribution in [3.63, 3.8) is 0 Å². The van der Waals surface area contributed by atoms with Crippen molar-refractivity contribution in [1.29, 1.82) is 0 Å². The molecule has 2 aromatic carbocycles. The van der Waals surface area contributed by atoms with Crippen molar-refractivity contribution in [3.05, 3.63) is 58.1 Å². The first kappa shape index (κ1) is 15.8. The summed E-state index contributed by atoms with van der Waals surface area (Å²) in [5.74, 6) is 0. The molecule has 21 heavy (non-hydrogen) atoms. The van der Waals surface area contributed by atoms with E-state index in [-0.39, 0.29) is 9.46 Å². The fourth-order valence-electron chi connectivity index (χ4n) is 1.70. The molecule has 0 atom stereocenters. The van der Waals surface area contributed by atoms with E-state index in [2.05, 4.69) is 21.2 Å². The van der Waals surface area contributed by atoms with Gasteiger partial charge in [-0.25, -0.2) is 0 Å². The van der Waals surface area contributed by atoms with Crippen LogP contribution in [0.5, 0.6) is 0 Å². The Morgan fingerprint density at radius 1 is 1.05 bits per heavy atom. The van der Waals surface area contributed by atoms with Gasteiger partial charge in [0.1, 0.15) is 4.99 Å². The number of hydrogen-bond donors (Lipinski definition) is 2. The molecule has 3 N–H and O–H groups in total. The molecule has 0 unspecified atom stereocenters. The summed E-state index contributed by atoms with van der Waals surface area (Å²) in [4.78, 5) is 0.268. The highest BCUT2D eigenvalue weighted by atomic mass is 79.9. The van der Waals surface area contributed by atoms with Crippen molar-refractivity contribution in [3.8, 4) is 0 Å². The molecule has 0 amide bonds. The second-order valence-electron chi connectivity index (χ2n) is 4.26. The van der Waals surface area contributed by atoms with Crippen LogP contribution >= 0.6 is 28.1 Å². The van der Waals surface area contributed by atoms with Crippen LogP contribution in [0.25, 0.3) is 0 Å². The van der Waals surface area contributed by atoms with Crippen molar-refractivity contribution in [2.75, 3.05) is 5.32 Å². The second kappa shape index (κ2) is 6.03. The number of nitrogens with one attached hydrogen (secondary N) is 1. The SMILES string of the molecule is NC(=S)c1ccc(Nc2ccc(Br)c(C(F)(F)F)c2)cc1. The van der Waals surface area contributed by atoms with Gasteiger partial charge in [0.2, 0.25) is 0 Å². The molecule has 0 radical (unpaired) electrons. The molecule has 0 spiro atoms. The van der Waals surface area contributed by atoms with Crippen LogP contribution in [0.4, 0.5) is 24.5 Å². The first-order valence-corrected chi connectivity index (χ1v) is 7.01. The zero-order valence-electron chi connectivity index (χ0n) is 10.5. The first-order chi connectivity index (χ1) is 9.77. The molecule has 0 aliphatic carbocycles. The lowest BCUT2D eigenvalue weighted by Crippen LogP contribution is -2.09. The molecule has 0 aromatic heterocycles. The highest BCUT2D eigenvalue weighted by molar-refractivity contribution is 9.10. The summed E-state index contributed by atoms with van der Waals surface area (Å²) in [7, 11) is 0. The van der Waals surface area contributed by atoms with E-state index in [9.17, 15) is 13.2 Å². The number of halogens is 4. The van der Waals surface area contributed by atoms with Crippen molar-refractivity contribution in [1.82, 2.24) is 0 Å². The number of hydrogen-bond acceptors (Lipinski definition) is 2. The van der Waals surface area contributed by atoms with Gasteiger partial charge in [0.25, 0.3) is 0 Å². The van der Waals surface area contributed by atoms with Crippen LogP contribution in [0.1, 0.15) is 11.1 Å². The van der Waals surface area contributed by atoms with Gasteiger partial charge in [0.15, 0.2) is 0 Å². The lowest BCUT2D eigenvalue weighted by atomic mass is 10.1. The Labute approximate surface area is 133 Å². The Morgan fingerprint density at radius 2 is 1.62 bits per heavy atom. The third-order valence-electron chi connectivity index (χ3n) is 2.73. The number of rotatable bonds is 3. The van der Waals surface area contributed by atoms with E-state index in [0.29, 0.717) is 16.9 Å². The third-order valence-corrected chi connectivity index (χ3v) is 3.66. The van der Waals surface area contributed by atoms with Crippen LogP contribution < -0.4 is 11.1 Å². The normalized spacial score (nSPS) is 11.2. The molecule has 0 aliphatic heterocycles. The third kappa shape index (κ3) is 3.95. The summed E-state index contributed by atoms with van der Waals surface area (Å²) in [6, 6.07) is 10.8. The second-order valence-corrected chi connectivity index (χ2v) is 5.55. The number of nitrogens with two attached hydrogens (primary N) is 1. The average molecular weight is 375 g/mol. The zero-order valence-corrected chi connectivity index (χ0v) is 12.9. The van der Waals surface area contributed by atoms with Crippen LogP contribution in [0.2, 0.25) is 0 Å². The quantitative estimate of drug-likeness (QED) is 0.754. The molecule has 2 rings (SSSR count). The van der Waals surface area contributed by atoms with Gasteiger partial charge < -0.3 is 11.1 Å². The predicted octanol–water partition coefficient (Wildman–Crippen LogP) is 4.85. The largest absolute Gasteiger partial charge is 0.417 e. The van der Waals surface area contributed by atoms with Gasteiger partial charge in [0, 0.05) is 21.4 Å². The average Bonchev–Trinajstić information content (AvgIpc) is 2.40. The van der Waals surface area contributed by atoms with Crippen molar-refractivity contribution in [2.45, 2.75) is 6.18 Å². The van der Waals surface area contributed by atoms with Gasteiger partial charge in [0.05, 0.1) is 5.56 Å². The Kier molecular flexibility index (Phi) is 4.53. The molecule has 2 aromatic rings. The lowest BCUT2D eigenvalue weighted by Gasteiger charge is -2.13. The van der Waals surface area contributed by atoms with Gasteiger partial charge >= 0.3 is 6.18 Å². The topological polar surface area (TPSA) is 38.0 Å². The minimum Gasteiger partial charge on any atom is -0.389 e. The molecule has 0 fully saturated rings. The summed E-state index contributed by atoms with van der Waals surface area (Å²) in [6.07, 6.45) is -4.41. The van der Waals surface area contributed by atoms with Gasteiger partial charge in [-0.05, 0) is 42.5 Å². The maximum atomic E-state index is 12.8. The van der Waals surface area contributed by atoms with Gasteiger partial charge in [-0.1, -0.05) is 28.1 Å². The van der Waals surface area contributed by atoms with Gasteiger partial charge in [-0.2, -0.15) is 13.2 Å². The first-order valence-electron chi connectivity index (χ1n) is 5.81. The maximum Gasteiger partial charge on any atom is 0.417 e. The van der Waals surface area contributed by atoms with Crippen molar-refractivity contribution in [2.24, 2.45) is 5.73 Å². The Balaban J connectivity index is 2.26. The number of anilines is 2. The van der Waals surface area contributed by atoms with E-state index in [1.54, 1.807) is 30.3 Å². The molecule has 0 saturated heterocycles. The highest BCUT2D eigenvalue weighted by Crippen LogP contribution is 2.36. The summed E-state index contributed by atoms with van der Waals surface area (Å²) < 4.78 is 38.5. The summed E-state index contributed by atoms with van der Waals surface area (Å²) in [6.45, 7) is 0. The van der Waals surface area contributed by atoms with Gasteiger partial charge in [-0.15, -0.1) is 0 Å². The Hall–Kier alpha value is -1.60. The van der Waals surface area contributed by atoms with E-state index in [4.69, 9.17) is 18.0 Å². The number of thiocarbonyl (C=S) groups is 1. The van der Waals surface area contributed by atoms with Crippen LogP contribution in [0, 0.1) is 0 Å². The van der Waals surface area contributed by atoms with Crippen molar-refractivity contribution < 1.29 is 13.2 Å². The summed E-state index contributed by atoms with van der Waals surface area (Å²) in [5.41, 5.74) is 6.43. The number of benzene rings is 2. The lowest BCUT2D eigenvalue weighted by molar-refractivity contribution is -0.138. The minimum atomic E-state index is -4.41. The van der Waals surface area contributed by atoms with Crippen LogP contribution in [-0.4, -0.2) is 4.99 Å². The van der Waals surface area contributed by atoms with E-state index in [0.717, 1.165) is 6.07 Å². The molecular formula is C14H10BrF3N2S. The fraction of sp³-hybridized carbons (Fsp3) is 0.0714. The number of alkyl halides is 3.